The molecule has 0 spiro atoms. The Balaban J connectivity index is 2.31. The van der Waals surface area contributed by atoms with Gasteiger partial charge in [-0.05, 0) is 51.4 Å². The van der Waals surface area contributed by atoms with Gasteiger partial charge in [-0.25, -0.2) is 0 Å². The molecule has 0 heterocycles. The van der Waals surface area contributed by atoms with E-state index in [4.69, 9.17) is 9.47 Å². The molecule has 0 aromatic heterocycles. The van der Waals surface area contributed by atoms with Crippen molar-refractivity contribution < 1.29 is 9.47 Å². The quantitative estimate of drug-likeness (QED) is 0.763. The summed E-state index contributed by atoms with van der Waals surface area (Å²) in [5.41, 5.74) is 4.08. The van der Waals surface area contributed by atoms with Crippen molar-refractivity contribution in [1.29, 1.82) is 0 Å². The smallest absolute Gasteiger partial charge is 0.183 e. The second-order valence-electron chi connectivity index (χ2n) is 5.37. The van der Waals surface area contributed by atoms with Crippen LogP contribution in [-0.2, 0) is 22.3 Å². The molecule has 1 unspecified atom stereocenters. The van der Waals surface area contributed by atoms with E-state index in [1.807, 2.05) is 6.92 Å². The molecular weight excluding hydrogens is 238 g/mol. The molecule has 0 radical (unpaired) electrons. The maximum Gasteiger partial charge on any atom is 0.183 e. The Hall–Kier alpha value is -0.900. The topological polar surface area (TPSA) is 21.7 Å². The van der Waals surface area contributed by atoms with E-state index in [9.17, 15) is 0 Å². The van der Waals surface area contributed by atoms with Gasteiger partial charge in [-0.15, -0.1) is 0 Å². The molecular formula is C16H25NO2. The van der Waals surface area contributed by atoms with Gasteiger partial charge in [-0.3, -0.25) is 0 Å². The molecule has 0 N–H and O–H groups in total. The summed E-state index contributed by atoms with van der Waals surface area (Å²) in [6, 6.07) is 7.12. The Kier molecular flexibility index (Phi) is 4.97. The van der Waals surface area contributed by atoms with Crippen molar-refractivity contribution in [2.75, 3.05) is 27.8 Å². The largest absolute Gasteiger partial charge is 0.352 e. The lowest BCUT2D eigenvalue weighted by molar-refractivity contribution is -0.124. The Morgan fingerprint density at radius 1 is 1.37 bits per heavy atom. The molecule has 0 amide bonds. The molecule has 0 bridgehead atoms. The van der Waals surface area contributed by atoms with Crippen LogP contribution in [0.25, 0.3) is 0 Å². The zero-order chi connectivity index (χ0) is 13.8. The molecule has 1 aromatic carbocycles. The van der Waals surface area contributed by atoms with Crippen LogP contribution >= 0.6 is 0 Å². The summed E-state index contributed by atoms with van der Waals surface area (Å²) in [6.07, 6.45) is 3.23. The summed E-state index contributed by atoms with van der Waals surface area (Å²) in [5.74, 6) is 0. The van der Waals surface area contributed by atoms with E-state index in [1.54, 1.807) is 7.11 Å². The van der Waals surface area contributed by atoms with Crippen molar-refractivity contribution in [3.05, 3.63) is 34.9 Å². The van der Waals surface area contributed by atoms with Gasteiger partial charge in [0.25, 0.3) is 0 Å². The maximum atomic E-state index is 5.70. The first-order valence-electron chi connectivity index (χ1n) is 7.08. The van der Waals surface area contributed by atoms with Crippen LogP contribution in [0.2, 0.25) is 0 Å². The van der Waals surface area contributed by atoms with Gasteiger partial charge in [0.2, 0.25) is 0 Å². The molecule has 106 valence electrons. The molecule has 1 aliphatic carbocycles. The highest BCUT2D eigenvalue weighted by molar-refractivity contribution is 5.38. The Morgan fingerprint density at radius 3 is 2.79 bits per heavy atom. The van der Waals surface area contributed by atoms with Gasteiger partial charge < -0.3 is 14.4 Å². The maximum absolute atomic E-state index is 5.70. The number of hydrogen-bond acceptors (Lipinski definition) is 3. The lowest BCUT2D eigenvalue weighted by Crippen LogP contribution is -2.34. The van der Waals surface area contributed by atoms with Gasteiger partial charge in [0.1, 0.15) is 0 Å². The molecule has 3 nitrogen and oxygen atoms in total. The lowest BCUT2D eigenvalue weighted by atomic mass is 9.84. The molecule has 2 atom stereocenters. The number of aryl methyl sites for hydroxylation is 1. The number of fused-ring (bicyclic) bond motifs is 1. The van der Waals surface area contributed by atoms with E-state index in [1.165, 1.54) is 23.1 Å². The molecule has 1 aliphatic rings. The Morgan fingerprint density at radius 2 is 2.16 bits per heavy atom. The van der Waals surface area contributed by atoms with E-state index in [0.717, 1.165) is 12.8 Å². The van der Waals surface area contributed by atoms with Gasteiger partial charge >= 0.3 is 0 Å². The molecule has 19 heavy (non-hydrogen) atoms. The monoisotopic (exact) mass is 263 g/mol. The minimum Gasteiger partial charge on any atom is -0.352 e. The van der Waals surface area contributed by atoms with E-state index >= 15 is 0 Å². The predicted octanol–water partition coefficient (Wildman–Crippen LogP) is 2.79. The van der Waals surface area contributed by atoms with Crippen LogP contribution in [0.15, 0.2) is 18.2 Å². The minimum absolute atomic E-state index is 0.235. The van der Waals surface area contributed by atoms with Gasteiger partial charge in [0.15, 0.2) is 6.29 Å². The van der Waals surface area contributed by atoms with Crippen LogP contribution < -0.4 is 0 Å². The van der Waals surface area contributed by atoms with E-state index < -0.39 is 0 Å². The van der Waals surface area contributed by atoms with Crippen LogP contribution in [0.5, 0.6) is 0 Å². The highest BCUT2D eigenvalue weighted by Crippen LogP contribution is 2.31. The third kappa shape index (κ3) is 3.16. The molecule has 2 rings (SSSR count). The van der Waals surface area contributed by atoms with Gasteiger partial charge in [0, 0.05) is 25.3 Å². The minimum atomic E-state index is -0.235. The predicted molar refractivity (Wildman–Crippen MR) is 77.3 cm³/mol. The standard InChI is InChI=1S/C16H25NO2/c1-5-19-16(18-4)14-8-6-7-12-9-10-13(17(2)3)11-15(12)14/h6-8,13,16H,5,9-11H2,1-4H3/t13?,16-/m1/s1. The van der Waals surface area contributed by atoms with Crippen LogP contribution in [0.1, 0.15) is 36.3 Å². The number of nitrogens with zero attached hydrogens (tertiary/aromatic N) is 1. The van der Waals surface area contributed by atoms with Crippen molar-refractivity contribution in [2.24, 2.45) is 0 Å². The first kappa shape index (κ1) is 14.5. The summed E-state index contributed by atoms with van der Waals surface area (Å²) >= 11 is 0. The van der Waals surface area contributed by atoms with E-state index in [2.05, 4.69) is 37.2 Å². The van der Waals surface area contributed by atoms with E-state index in [0.29, 0.717) is 12.6 Å². The van der Waals surface area contributed by atoms with Crippen LogP contribution in [-0.4, -0.2) is 38.8 Å². The van der Waals surface area contributed by atoms with Gasteiger partial charge in [0.05, 0.1) is 0 Å². The number of methoxy groups -OCH3 is 1. The normalized spacial score (nSPS) is 20.4. The molecule has 1 aromatic rings. The highest BCUT2D eigenvalue weighted by atomic mass is 16.7. The number of ether oxygens (including phenoxy) is 2. The Labute approximate surface area is 116 Å². The second-order valence-corrected chi connectivity index (χ2v) is 5.37. The van der Waals surface area contributed by atoms with Crippen molar-refractivity contribution in [3.8, 4) is 0 Å². The van der Waals surface area contributed by atoms with E-state index in [-0.39, 0.29) is 6.29 Å². The fraction of sp³-hybridized carbons (Fsp3) is 0.625. The summed E-state index contributed by atoms with van der Waals surface area (Å²) < 4.78 is 11.2. The fourth-order valence-electron chi connectivity index (χ4n) is 2.90. The zero-order valence-electron chi connectivity index (χ0n) is 12.5. The number of rotatable bonds is 5. The number of likely N-dealkylation sites (N-methyl/N-ethyl adjacent to an activating group) is 1. The summed E-state index contributed by atoms with van der Waals surface area (Å²) in [4.78, 5) is 2.32. The van der Waals surface area contributed by atoms with Crippen molar-refractivity contribution >= 4 is 0 Å². The molecule has 0 saturated heterocycles. The first-order chi connectivity index (χ1) is 9.17. The highest BCUT2D eigenvalue weighted by Gasteiger charge is 2.25. The number of hydrogen-bond donors (Lipinski definition) is 0. The first-order valence-corrected chi connectivity index (χ1v) is 7.08. The van der Waals surface area contributed by atoms with Crippen LogP contribution in [0.4, 0.5) is 0 Å². The fourth-order valence-corrected chi connectivity index (χ4v) is 2.90. The van der Waals surface area contributed by atoms with Crippen molar-refractivity contribution in [3.63, 3.8) is 0 Å². The summed E-state index contributed by atoms with van der Waals surface area (Å²) in [7, 11) is 6.04. The lowest BCUT2D eigenvalue weighted by Gasteiger charge is -2.32. The summed E-state index contributed by atoms with van der Waals surface area (Å²) in [5, 5.41) is 0. The van der Waals surface area contributed by atoms with Crippen LogP contribution in [0, 0.1) is 0 Å². The second kappa shape index (κ2) is 6.51. The van der Waals surface area contributed by atoms with Crippen molar-refractivity contribution in [2.45, 2.75) is 38.5 Å². The van der Waals surface area contributed by atoms with Crippen LogP contribution in [0.3, 0.4) is 0 Å². The third-order valence-electron chi connectivity index (χ3n) is 4.01. The number of benzene rings is 1. The summed E-state index contributed by atoms with van der Waals surface area (Å²) in [6.45, 7) is 2.67. The molecule has 3 heteroatoms. The van der Waals surface area contributed by atoms with Gasteiger partial charge in [-0.1, -0.05) is 18.2 Å². The average Bonchev–Trinajstić information content (AvgIpc) is 2.43. The zero-order valence-corrected chi connectivity index (χ0v) is 12.5. The van der Waals surface area contributed by atoms with Gasteiger partial charge in [-0.2, -0.15) is 0 Å². The third-order valence-corrected chi connectivity index (χ3v) is 4.01. The molecule has 0 saturated carbocycles. The average molecular weight is 263 g/mol. The molecule has 0 fully saturated rings. The Bertz CT molecular complexity index is 417. The SMILES string of the molecule is CCO[C@@H](OC)c1cccc2c1CC(N(C)C)CC2. The molecule has 0 aliphatic heterocycles. The van der Waals surface area contributed by atoms with Crippen molar-refractivity contribution in [1.82, 2.24) is 4.90 Å².